The van der Waals surface area contributed by atoms with E-state index in [4.69, 9.17) is 0 Å². The number of hydrogen-bond acceptors (Lipinski definition) is 6. The molecular formula is C14H13IN4O3S. The normalized spacial score (nSPS) is 10.7. The fraction of sp³-hybridized carbons (Fsp3) is 0.143. The number of anilines is 1. The first kappa shape index (κ1) is 17.3. The SMILES string of the molecule is Cc1cc(I)ccc1NCC(=O)N/N=C\c1ccc([N+](=O)[O-])s1. The van der Waals surface area contributed by atoms with Crippen molar-refractivity contribution in [2.45, 2.75) is 6.92 Å². The Labute approximate surface area is 150 Å². The van der Waals surface area contributed by atoms with E-state index in [1.54, 1.807) is 6.07 Å². The number of hydrogen-bond donors (Lipinski definition) is 2. The lowest BCUT2D eigenvalue weighted by Crippen LogP contribution is -2.26. The van der Waals surface area contributed by atoms with Gasteiger partial charge in [0.05, 0.1) is 22.6 Å². The number of nitro groups is 1. The minimum Gasteiger partial charge on any atom is -0.376 e. The molecule has 0 saturated heterocycles. The largest absolute Gasteiger partial charge is 0.376 e. The second kappa shape index (κ2) is 8.02. The van der Waals surface area contributed by atoms with Crippen LogP contribution >= 0.6 is 33.9 Å². The molecule has 120 valence electrons. The molecule has 2 rings (SSSR count). The number of halogens is 1. The summed E-state index contributed by atoms with van der Waals surface area (Å²) in [6.45, 7) is 2.05. The zero-order valence-electron chi connectivity index (χ0n) is 12.1. The van der Waals surface area contributed by atoms with Gasteiger partial charge in [0.2, 0.25) is 0 Å². The van der Waals surface area contributed by atoms with Crippen molar-refractivity contribution in [1.82, 2.24) is 5.43 Å². The maximum absolute atomic E-state index is 11.7. The fourth-order valence-electron chi connectivity index (χ4n) is 1.72. The van der Waals surface area contributed by atoms with Crippen molar-refractivity contribution in [1.29, 1.82) is 0 Å². The van der Waals surface area contributed by atoms with Crippen LogP contribution in [0.5, 0.6) is 0 Å². The van der Waals surface area contributed by atoms with Crippen LogP contribution < -0.4 is 10.7 Å². The summed E-state index contributed by atoms with van der Waals surface area (Å²) in [6, 6.07) is 8.86. The summed E-state index contributed by atoms with van der Waals surface area (Å²) in [5.41, 5.74) is 4.32. The van der Waals surface area contributed by atoms with E-state index < -0.39 is 4.92 Å². The van der Waals surface area contributed by atoms with E-state index in [0.29, 0.717) is 4.88 Å². The van der Waals surface area contributed by atoms with E-state index in [0.717, 1.165) is 26.2 Å². The number of amides is 1. The van der Waals surface area contributed by atoms with Gasteiger partial charge in [-0.05, 0) is 59.3 Å². The van der Waals surface area contributed by atoms with E-state index >= 15 is 0 Å². The van der Waals surface area contributed by atoms with E-state index in [1.165, 1.54) is 12.3 Å². The fourth-order valence-corrected chi connectivity index (χ4v) is 3.06. The predicted octanol–water partition coefficient (Wildman–Crippen LogP) is 3.13. The highest BCUT2D eigenvalue weighted by atomic mass is 127. The Hall–Kier alpha value is -2.01. The van der Waals surface area contributed by atoms with Crippen LogP contribution in [-0.2, 0) is 4.79 Å². The topological polar surface area (TPSA) is 96.6 Å². The summed E-state index contributed by atoms with van der Waals surface area (Å²) in [6.07, 6.45) is 1.38. The maximum Gasteiger partial charge on any atom is 0.324 e. The highest BCUT2D eigenvalue weighted by Crippen LogP contribution is 2.22. The molecule has 0 aliphatic heterocycles. The minimum atomic E-state index is -0.464. The summed E-state index contributed by atoms with van der Waals surface area (Å²) < 4.78 is 1.13. The van der Waals surface area contributed by atoms with Crippen LogP contribution in [0.25, 0.3) is 0 Å². The first-order valence-electron chi connectivity index (χ1n) is 6.52. The molecule has 1 amide bonds. The van der Waals surface area contributed by atoms with Gasteiger partial charge in [0, 0.05) is 15.3 Å². The highest BCUT2D eigenvalue weighted by Gasteiger charge is 2.08. The van der Waals surface area contributed by atoms with E-state index in [-0.39, 0.29) is 17.5 Å². The Bertz CT molecular complexity index is 760. The number of carbonyl (C=O) groups is 1. The van der Waals surface area contributed by atoms with Crippen molar-refractivity contribution < 1.29 is 9.72 Å². The Morgan fingerprint density at radius 2 is 2.22 bits per heavy atom. The minimum absolute atomic E-state index is 0.0358. The molecule has 0 radical (unpaired) electrons. The van der Waals surface area contributed by atoms with Crippen LogP contribution in [0.3, 0.4) is 0 Å². The number of nitrogens with one attached hydrogen (secondary N) is 2. The third-order valence-electron chi connectivity index (χ3n) is 2.80. The molecule has 1 aromatic heterocycles. The van der Waals surface area contributed by atoms with Gasteiger partial charge < -0.3 is 5.32 Å². The van der Waals surface area contributed by atoms with Crippen LogP contribution in [0.2, 0.25) is 0 Å². The van der Waals surface area contributed by atoms with Gasteiger partial charge >= 0.3 is 5.00 Å². The molecule has 0 bridgehead atoms. The lowest BCUT2D eigenvalue weighted by atomic mass is 10.2. The summed E-state index contributed by atoms with van der Waals surface area (Å²) >= 11 is 3.22. The van der Waals surface area contributed by atoms with Crippen LogP contribution in [0.1, 0.15) is 10.4 Å². The summed E-state index contributed by atoms with van der Waals surface area (Å²) in [5, 5.41) is 17.4. The number of thiophene rings is 1. The molecule has 7 nitrogen and oxygen atoms in total. The molecule has 1 aromatic carbocycles. The average Bonchev–Trinajstić information content (AvgIpc) is 2.95. The van der Waals surface area contributed by atoms with Gasteiger partial charge in [-0.3, -0.25) is 14.9 Å². The van der Waals surface area contributed by atoms with E-state index in [9.17, 15) is 14.9 Å². The molecule has 0 atom stereocenters. The monoisotopic (exact) mass is 444 g/mol. The standard InChI is InChI=1S/C14H13IN4O3S/c1-9-6-10(15)2-4-12(9)16-8-13(20)18-17-7-11-3-5-14(23-11)19(21)22/h2-7,16H,8H2,1H3,(H,18,20)/b17-7-. The quantitative estimate of drug-likeness (QED) is 0.310. The smallest absolute Gasteiger partial charge is 0.324 e. The number of nitrogens with zero attached hydrogens (tertiary/aromatic N) is 2. The van der Waals surface area contributed by atoms with Crippen LogP contribution in [0, 0.1) is 20.6 Å². The van der Waals surface area contributed by atoms with Crippen molar-refractivity contribution in [2.75, 3.05) is 11.9 Å². The highest BCUT2D eigenvalue weighted by molar-refractivity contribution is 14.1. The summed E-state index contributed by atoms with van der Waals surface area (Å²) in [7, 11) is 0. The van der Waals surface area contributed by atoms with Crippen molar-refractivity contribution >= 4 is 56.7 Å². The molecule has 0 fully saturated rings. The molecule has 9 heteroatoms. The van der Waals surface area contributed by atoms with Crippen molar-refractivity contribution in [3.8, 4) is 0 Å². The number of carbonyl (C=O) groups excluding carboxylic acids is 1. The molecule has 2 aromatic rings. The molecule has 0 aliphatic carbocycles. The average molecular weight is 444 g/mol. The predicted molar refractivity (Wildman–Crippen MR) is 99.1 cm³/mol. The Kier molecular flexibility index (Phi) is 6.04. The summed E-state index contributed by atoms with van der Waals surface area (Å²) in [4.78, 5) is 22.4. The molecule has 2 N–H and O–H groups in total. The van der Waals surface area contributed by atoms with Crippen molar-refractivity contribution in [3.63, 3.8) is 0 Å². The van der Waals surface area contributed by atoms with Gasteiger partial charge in [-0.2, -0.15) is 5.10 Å². The molecule has 23 heavy (non-hydrogen) atoms. The van der Waals surface area contributed by atoms with Gasteiger partial charge in [-0.15, -0.1) is 0 Å². The second-order valence-electron chi connectivity index (χ2n) is 4.54. The number of aryl methyl sites for hydroxylation is 1. The molecule has 1 heterocycles. The third kappa shape index (κ3) is 5.28. The Balaban J connectivity index is 1.82. The van der Waals surface area contributed by atoms with Crippen LogP contribution in [-0.4, -0.2) is 23.6 Å². The number of rotatable bonds is 6. The van der Waals surface area contributed by atoms with Crippen molar-refractivity contribution in [2.24, 2.45) is 5.10 Å². The van der Waals surface area contributed by atoms with E-state index in [2.05, 4.69) is 38.4 Å². The summed E-state index contributed by atoms with van der Waals surface area (Å²) in [5.74, 6) is -0.301. The van der Waals surface area contributed by atoms with Gasteiger partial charge in [0.25, 0.3) is 5.91 Å². The molecular weight excluding hydrogens is 431 g/mol. The molecule has 0 aliphatic rings. The Morgan fingerprint density at radius 3 is 2.87 bits per heavy atom. The Morgan fingerprint density at radius 1 is 1.43 bits per heavy atom. The zero-order chi connectivity index (χ0) is 16.8. The first-order chi connectivity index (χ1) is 11.0. The van der Waals surface area contributed by atoms with Gasteiger partial charge in [0.1, 0.15) is 0 Å². The van der Waals surface area contributed by atoms with Gasteiger partial charge in [0.15, 0.2) is 0 Å². The second-order valence-corrected chi connectivity index (χ2v) is 6.88. The van der Waals surface area contributed by atoms with E-state index in [1.807, 2.05) is 25.1 Å². The molecule has 0 saturated carbocycles. The lowest BCUT2D eigenvalue weighted by Gasteiger charge is -2.08. The number of benzene rings is 1. The third-order valence-corrected chi connectivity index (χ3v) is 4.44. The van der Waals surface area contributed by atoms with Crippen LogP contribution in [0.4, 0.5) is 10.7 Å². The first-order valence-corrected chi connectivity index (χ1v) is 8.41. The lowest BCUT2D eigenvalue weighted by molar-refractivity contribution is -0.380. The zero-order valence-corrected chi connectivity index (χ0v) is 15.1. The number of hydrazone groups is 1. The van der Waals surface area contributed by atoms with Crippen LogP contribution in [0.15, 0.2) is 35.4 Å². The van der Waals surface area contributed by atoms with Gasteiger partial charge in [-0.1, -0.05) is 11.3 Å². The maximum atomic E-state index is 11.7. The van der Waals surface area contributed by atoms with Crippen molar-refractivity contribution in [3.05, 3.63) is 54.5 Å². The van der Waals surface area contributed by atoms with Gasteiger partial charge in [-0.25, -0.2) is 5.43 Å². The molecule has 0 spiro atoms. The molecule has 0 unspecified atom stereocenters.